The number of aliphatic imine (C=N–C) groups is 1. The molecule has 130 valence electrons. The number of hydrogen-bond acceptors (Lipinski definition) is 3. The van der Waals surface area contributed by atoms with Crippen LogP contribution < -0.4 is 10.6 Å². The molecule has 2 rings (SSSR count). The number of methoxy groups -OCH3 is 1. The lowest BCUT2D eigenvalue weighted by molar-refractivity contribution is 0.138. The first-order valence-corrected chi connectivity index (χ1v) is 8.67. The van der Waals surface area contributed by atoms with Gasteiger partial charge in [0.15, 0.2) is 5.96 Å². The predicted molar refractivity (Wildman–Crippen MR) is 93.6 cm³/mol. The summed E-state index contributed by atoms with van der Waals surface area (Å²) in [5.41, 5.74) is 0.379. The Labute approximate surface area is 139 Å². The second-order valence-electron chi connectivity index (χ2n) is 6.46. The molecule has 1 aliphatic rings. The highest BCUT2D eigenvalue weighted by molar-refractivity contribution is 5.79. The van der Waals surface area contributed by atoms with Gasteiger partial charge in [-0.15, -0.1) is 0 Å². The maximum absolute atomic E-state index is 5.30. The van der Waals surface area contributed by atoms with E-state index in [1.807, 2.05) is 25.8 Å². The van der Waals surface area contributed by atoms with Gasteiger partial charge < -0.3 is 19.9 Å². The van der Waals surface area contributed by atoms with Crippen molar-refractivity contribution < 1.29 is 4.74 Å². The largest absolute Gasteiger partial charge is 0.385 e. The molecule has 1 fully saturated rings. The monoisotopic (exact) mass is 321 g/mol. The molecule has 1 aromatic heterocycles. The Balaban J connectivity index is 1.69. The van der Waals surface area contributed by atoms with Gasteiger partial charge in [-0.25, -0.2) is 4.98 Å². The number of ether oxygens (including phenoxy) is 1. The van der Waals surface area contributed by atoms with E-state index in [1.165, 1.54) is 25.7 Å². The molecule has 6 nitrogen and oxygen atoms in total. The van der Waals surface area contributed by atoms with Gasteiger partial charge in [-0.1, -0.05) is 12.8 Å². The molecular formula is C17H31N5O. The third-order valence-corrected chi connectivity index (χ3v) is 4.80. The number of rotatable bonds is 9. The van der Waals surface area contributed by atoms with Crippen LogP contribution in [0.5, 0.6) is 0 Å². The Kier molecular flexibility index (Phi) is 7.39. The molecule has 0 spiro atoms. The molecule has 0 bridgehead atoms. The van der Waals surface area contributed by atoms with Crippen LogP contribution in [0, 0.1) is 5.41 Å². The van der Waals surface area contributed by atoms with Crippen molar-refractivity contribution in [2.45, 2.75) is 45.1 Å². The van der Waals surface area contributed by atoms with E-state index in [-0.39, 0.29) is 0 Å². The highest BCUT2D eigenvalue weighted by Crippen LogP contribution is 2.40. The molecule has 1 aromatic rings. The molecule has 1 aliphatic carbocycles. The summed E-state index contributed by atoms with van der Waals surface area (Å²) in [6.45, 7) is 3.71. The summed E-state index contributed by atoms with van der Waals surface area (Å²) in [5, 5.41) is 6.92. The first-order valence-electron chi connectivity index (χ1n) is 8.67. The number of imidazole rings is 1. The zero-order chi connectivity index (χ0) is 16.4. The van der Waals surface area contributed by atoms with E-state index >= 15 is 0 Å². The number of nitrogens with one attached hydrogen (secondary N) is 2. The van der Waals surface area contributed by atoms with Gasteiger partial charge in [0.2, 0.25) is 0 Å². The van der Waals surface area contributed by atoms with Crippen LogP contribution in [0.2, 0.25) is 0 Å². The summed E-state index contributed by atoms with van der Waals surface area (Å²) in [6.07, 6.45) is 13.1. The molecule has 23 heavy (non-hydrogen) atoms. The molecule has 0 unspecified atom stereocenters. The third-order valence-electron chi connectivity index (χ3n) is 4.80. The maximum Gasteiger partial charge on any atom is 0.190 e. The second kappa shape index (κ2) is 9.55. The molecule has 6 heteroatoms. The van der Waals surface area contributed by atoms with Crippen molar-refractivity contribution in [3.05, 3.63) is 18.7 Å². The van der Waals surface area contributed by atoms with Gasteiger partial charge in [-0.2, -0.15) is 0 Å². The zero-order valence-electron chi connectivity index (χ0n) is 14.6. The fourth-order valence-electron chi connectivity index (χ4n) is 3.34. The Bertz CT molecular complexity index is 452. The Morgan fingerprint density at radius 3 is 2.83 bits per heavy atom. The standard InChI is InChI=1S/C17H31N5O/c1-18-16(20-9-5-11-22-12-10-19-15-22)21-14-17(8-13-23-2)6-3-4-7-17/h10,12,15H,3-9,11,13-14H2,1-2H3,(H2,18,20,21). The van der Waals surface area contributed by atoms with Crippen molar-refractivity contribution in [2.75, 3.05) is 33.9 Å². The van der Waals surface area contributed by atoms with Crippen LogP contribution in [0.4, 0.5) is 0 Å². The summed E-state index contributed by atoms with van der Waals surface area (Å²) < 4.78 is 7.39. The zero-order valence-corrected chi connectivity index (χ0v) is 14.6. The van der Waals surface area contributed by atoms with Crippen molar-refractivity contribution in [3.63, 3.8) is 0 Å². The number of aromatic nitrogens is 2. The number of guanidine groups is 1. The lowest BCUT2D eigenvalue weighted by atomic mass is 9.83. The van der Waals surface area contributed by atoms with E-state index in [9.17, 15) is 0 Å². The number of nitrogens with zero attached hydrogens (tertiary/aromatic N) is 3. The summed E-state index contributed by atoms with van der Waals surface area (Å²) in [7, 11) is 3.62. The van der Waals surface area contributed by atoms with E-state index in [0.717, 1.165) is 45.0 Å². The van der Waals surface area contributed by atoms with Crippen molar-refractivity contribution in [3.8, 4) is 0 Å². The molecule has 1 heterocycles. The van der Waals surface area contributed by atoms with Crippen LogP contribution in [0.3, 0.4) is 0 Å². The molecule has 0 saturated heterocycles. The van der Waals surface area contributed by atoms with Crippen molar-refractivity contribution in [2.24, 2.45) is 10.4 Å². The van der Waals surface area contributed by atoms with E-state index in [0.29, 0.717) is 5.41 Å². The maximum atomic E-state index is 5.30. The van der Waals surface area contributed by atoms with Crippen LogP contribution >= 0.6 is 0 Å². The molecule has 0 amide bonds. The summed E-state index contributed by atoms with van der Waals surface area (Å²) in [5.74, 6) is 0.902. The highest BCUT2D eigenvalue weighted by Gasteiger charge is 2.33. The molecular weight excluding hydrogens is 290 g/mol. The molecule has 0 radical (unpaired) electrons. The molecule has 1 saturated carbocycles. The number of hydrogen-bond donors (Lipinski definition) is 2. The summed E-state index contributed by atoms with van der Waals surface area (Å²) in [4.78, 5) is 8.39. The van der Waals surface area contributed by atoms with Crippen LogP contribution in [0.1, 0.15) is 38.5 Å². The fraction of sp³-hybridized carbons (Fsp3) is 0.765. The number of aryl methyl sites for hydroxylation is 1. The van der Waals surface area contributed by atoms with E-state index in [2.05, 4.69) is 25.2 Å². The van der Waals surface area contributed by atoms with Gasteiger partial charge >= 0.3 is 0 Å². The molecule has 0 atom stereocenters. The minimum Gasteiger partial charge on any atom is -0.385 e. The smallest absolute Gasteiger partial charge is 0.190 e. The van der Waals surface area contributed by atoms with Gasteiger partial charge in [0.25, 0.3) is 0 Å². The van der Waals surface area contributed by atoms with E-state index in [1.54, 1.807) is 7.11 Å². The van der Waals surface area contributed by atoms with Gasteiger partial charge in [0.05, 0.1) is 6.33 Å². The average Bonchev–Trinajstić information content (AvgIpc) is 3.25. The highest BCUT2D eigenvalue weighted by atomic mass is 16.5. The second-order valence-corrected chi connectivity index (χ2v) is 6.46. The molecule has 2 N–H and O–H groups in total. The Morgan fingerprint density at radius 1 is 1.35 bits per heavy atom. The first-order chi connectivity index (χ1) is 11.3. The van der Waals surface area contributed by atoms with Crippen molar-refractivity contribution in [1.82, 2.24) is 20.2 Å². The predicted octanol–water partition coefficient (Wildman–Crippen LogP) is 2.04. The minimum absolute atomic E-state index is 0.379. The van der Waals surface area contributed by atoms with E-state index < -0.39 is 0 Å². The Morgan fingerprint density at radius 2 is 2.17 bits per heavy atom. The van der Waals surface area contributed by atoms with Crippen molar-refractivity contribution in [1.29, 1.82) is 0 Å². The first kappa shape index (κ1) is 17.8. The van der Waals surface area contributed by atoms with Crippen LogP contribution in [0.25, 0.3) is 0 Å². The lowest BCUT2D eigenvalue weighted by Crippen LogP contribution is -2.43. The van der Waals surface area contributed by atoms with Crippen LogP contribution in [0.15, 0.2) is 23.7 Å². The minimum atomic E-state index is 0.379. The van der Waals surface area contributed by atoms with Gasteiger partial charge in [-0.3, -0.25) is 4.99 Å². The third kappa shape index (κ3) is 5.86. The van der Waals surface area contributed by atoms with Crippen LogP contribution in [-0.2, 0) is 11.3 Å². The molecule has 0 aromatic carbocycles. The quantitative estimate of drug-likeness (QED) is 0.415. The SMILES string of the molecule is CN=C(NCCCn1ccnc1)NCC1(CCOC)CCCC1. The van der Waals surface area contributed by atoms with Crippen molar-refractivity contribution >= 4 is 5.96 Å². The Hall–Kier alpha value is -1.56. The molecule has 0 aliphatic heterocycles. The van der Waals surface area contributed by atoms with Gasteiger partial charge in [-0.05, 0) is 31.1 Å². The summed E-state index contributed by atoms with van der Waals surface area (Å²) >= 11 is 0. The average molecular weight is 321 g/mol. The van der Waals surface area contributed by atoms with E-state index in [4.69, 9.17) is 4.74 Å². The topological polar surface area (TPSA) is 63.5 Å². The van der Waals surface area contributed by atoms with Gasteiger partial charge in [0, 0.05) is 52.8 Å². The normalized spacial score (nSPS) is 17.4. The van der Waals surface area contributed by atoms with Gasteiger partial charge in [0.1, 0.15) is 0 Å². The fourth-order valence-corrected chi connectivity index (χ4v) is 3.34. The summed E-state index contributed by atoms with van der Waals surface area (Å²) in [6, 6.07) is 0. The van der Waals surface area contributed by atoms with Crippen LogP contribution in [-0.4, -0.2) is 49.4 Å². The lowest BCUT2D eigenvalue weighted by Gasteiger charge is -2.30.